The van der Waals surface area contributed by atoms with Gasteiger partial charge in [0.1, 0.15) is 11.8 Å². The number of nitrogens with zero attached hydrogens (tertiary/aromatic N) is 2. The molecule has 0 fully saturated rings. The Morgan fingerprint density at radius 3 is 2.84 bits per heavy atom. The van der Waals surface area contributed by atoms with Crippen LogP contribution in [-0.2, 0) is 13.6 Å². The molecular weight excluding hydrogens is 302 g/mol. The molecule has 4 heteroatoms. The topological polar surface area (TPSA) is 40.8 Å². The van der Waals surface area contributed by atoms with Gasteiger partial charge in [0.2, 0.25) is 0 Å². The molecule has 0 saturated heterocycles. The van der Waals surface area contributed by atoms with E-state index in [9.17, 15) is 0 Å². The number of benzene rings is 1. The van der Waals surface area contributed by atoms with Crippen LogP contribution in [0.5, 0.6) is 0 Å². The highest BCUT2D eigenvalue weighted by Crippen LogP contribution is 2.18. The van der Waals surface area contributed by atoms with Crippen LogP contribution in [0.4, 0.5) is 0 Å². The molecule has 19 heavy (non-hydrogen) atoms. The number of rotatable bonds is 4. The summed E-state index contributed by atoms with van der Waals surface area (Å²) in [5, 5.41) is 12.4. The van der Waals surface area contributed by atoms with Gasteiger partial charge in [0.25, 0.3) is 0 Å². The van der Waals surface area contributed by atoms with Crippen molar-refractivity contribution in [1.82, 2.24) is 9.88 Å². The van der Waals surface area contributed by atoms with Crippen LogP contribution in [-0.4, -0.2) is 4.57 Å². The van der Waals surface area contributed by atoms with Gasteiger partial charge in [-0.25, -0.2) is 0 Å². The molecule has 0 saturated carbocycles. The molecule has 0 spiro atoms. The summed E-state index contributed by atoms with van der Waals surface area (Å²) < 4.78 is 2.94. The second-order valence-corrected chi connectivity index (χ2v) is 5.53. The lowest BCUT2D eigenvalue weighted by atomic mass is 10.1. The smallest absolute Gasteiger partial charge is 0.120 e. The maximum atomic E-state index is 8.92. The third kappa shape index (κ3) is 3.46. The average Bonchev–Trinajstić information content (AvgIpc) is 2.76. The zero-order chi connectivity index (χ0) is 13.8. The Balaban J connectivity index is 2.00. The number of halogens is 1. The van der Waals surface area contributed by atoms with Crippen LogP contribution in [0.25, 0.3) is 0 Å². The van der Waals surface area contributed by atoms with Gasteiger partial charge in [-0.3, -0.25) is 0 Å². The van der Waals surface area contributed by atoms with E-state index in [1.165, 1.54) is 5.56 Å². The Hall–Kier alpha value is -1.57. The minimum absolute atomic E-state index is 0.267. The lowest BCUT2D eigenvalue weighted by Crippen LogP contribution is -2.17. The molecule has 0 unspecified atom stereocenters. The van der Waals surface area contributed by atoms with Crippen LogP contribution in [0.3, 0.4) is 0 Å². The van der Waals surface area contributed by atoms with E-state index >= 15 is 0 Å². The van der Waals surface area contributed by atoms with E-state index in [-0.39, 0.29) is 6.04 Å². The summed E-state index contributed by atoms with van der Waals surface area (Å²) in [6.07, 6.45) is 1.99. The second-order valence-electron chi connectivity index (χ2n) is 4.61. The van der Waals surface area contributed by atoms with Gasteiger partial charge in [0, 0.05) is 30.3 Å². The molecule has 2 aromatic rings. The largest absolute Gasteiger partial charge is 0.342 e. The standard InChI is InChI=1S/C15H16BrN3/c1-11(13-4-3-5-14(16)7-13)18-9-12-6-15(8-17)19(2)10-12/h3-7,10-11,18H,9H2,1-2H3/t11-/m1/s1. The predicted molar refractivity (Wildman–Crippen MR) is 79.5 cm³/mol. The molecule has 1 heterocycles. The van der Waals surface area contributed by atoms with E-state index in [1.807, 2.05) is 36.0 Å². The first-order chi connectivity index (χ1) is 9.10. The molecule has 0 amide bonds. The van der Waals surface area contributed by atoms with Gasteiger partial charge in [-0.1, -0.05) is 28.1 Å². The SMILES string of the molecule is C[C@@H](NCc1cc(C#N)n(C)c1)c1cccc(Br)c1. The third-order valence-electron chi connectivity index (χ3n) is 3.14. The summed E-state index contributed by atoms with van der Waals surface area (Å²) in [5.41, 5.74) is 3.05. The molecule has 1 N–H and O–H groups in total. The van der Waals surface area contributed by atoms with Crippen molar-refractivity contribution < 1.29 is 0 Å². The van der Waals surface area contributed by atoms with Crippen molar-refractivity contribution >= 4 is 15.9 Å². The molecular formula is C15H16BrN3. The van der Waals surface area contributed by atoms with Crippen molar-refractivity contribution in [3.63, 3.8) is 0 Å². The monoisotopic (exact) mass is 317 g/mol. The van der Waals surface area contributed by atoms with Crippen molar-refractivity contribution in [2.75, 3.05) is 0 Å². The molecule has 0 radical (unpaired) electrons. The summed E-state index contributed by atoms with van der Waals surface area (Å²) in [6, 6.07) is 12.6. The first-order valence-electron chi connectivity index (χ1n) is 6.14. The molecule has 0 bridgehead atoms. The Morgan fingerprint density at radius 2 is 2.21 bits per heavy atom. The molecule has 1 atom stereocenters. The van der Waals surface area contributed by atoms with Crippen molar-refractivity contribution in [3.8, 4) is 6.07 Å². The summed E-state index contributed by atoms with van der Waals surface area (Å²) in [6.45, 7) is 2.89. The van der Waals surface area contributed by atoms with E-state index < -0.39 is 0 Å². The molecule has 2 rings (SSSR count). The predicted octanol–water partition coefficient (Wildman–Crippen LogP) is 3.51. The summed E-state index contributed by atoms with van der Waals surface area (Å²) in [7, 11) is 1.89. The van der Waals surface area contributed by atoms with Crippen LogP contribution < -0.4 is 5.32 Å². The Kier molecular flexibility index (Phi) is 4.41. The van der Waals surface area contributed by atoms with Crippen molar-refractivity contribution in [1.29, 1.82) is 5.26 Å². The van der Waals surface area contributed by atoms with Crippen molar-refractivity contribution in [3.05, 3.63) is 57.8 Å². The molecule has 1 aromatic carbocycles. The van der Waals surface area contributed by atoms with E-state index in [0.29, 0.717) is 5.69 Å². The zero-order valence-corrected chi connectivity index (χ0v) is 12.6. The van der Waals surface area contributed by atoms with Gasteiger partial charge < -0.3 is 9.88 Å². The van der Waals surface area contributed by atoms with Gasteiger partial charge in [0.05, 0.1) is 0 Å². The molecule has 3 nitrogen and oxygen atoms in total. The number of hydrogen-bond donors (Lipinski definition) is 1. The van der Waals surface area contributed by atoms with Crippen LogP contribution >= 0.6 is 15.9 Å². The van der Waals surface area contributed by atoms with E-state index in [1.54, 1.807) is 0 Å². The van der Waals surface area contributed by atoms with Gasteiger partial charge in [-0.2, -0.15) is 5.26 Å². The normalized spacial score (nSPS) is 12.1. The molecule has 1 aromatic heterocycles. The van der Waals surface area contributed by atoms with E-state index in [2.05, 4.69) is 46.4 Å². The number of aryl methyl sites for hydroxylation is 1. The highest BCUT2D eigenvalue weighted by molar-refractivity contribution is 9.10. The lowest BCUT2D eigenvalue weighted by Gasteiger charge is -2.14. The summed E-state index contributed by atoms with van der Waals surface area (Å²) in [4.78, 5) is 0. The fourth-order valence-corrected chi connectivity index (χ4v) is 2.42. The van der Waals surface area contributed by atoms with E-state index in [0.717, 1.165) is 16.6 Å². The fourth-order valence-electron chi connectivity index (χ4n) is 2.01. The van der Waals surface area contributed by atoms with Crippen molar-refractivity contribution in [2.45, 2.75) is 19.5 Å². The average molecular weight is 318 g/mol. The second kappa shape index (κ2) is 6.05. The minimum Gasteiger partial charge on any atom is -0.342 e. The third-order valence-corrected chi connectivity index (χ3v) is 3.63. The van der Waals surface area contributed by atoms with Gasteiger partial charge in [0.15, 0.2) is 0 Å². The molecule has 0 aliphatic rings. The zero-order valence-electron chi connectivity index (χ0n) is 11.0. The molecule has 0 aliphatic heterocycles. The Morgan fingerprint density at radius 1 is 1.42 bits per heavy atom. The first-order valence-corrected chi connectivity index (χ1v) is 6.93. The molecule has 98 valence electrons. The highest BCUT2D eigenvalue weighted by Gasteiger charge is 2.07. The minimum atomic E-state index is 0.267. The van der Waals surface area contributed by atoms with Crippen LogP contribution in [0.2, 0.25) is 0 Å². The Labute approximate surface area is 122 Å². The first kappa shape index (κ1) is 13.9. The van der Waals surface area contributed by atoms with Crippen LogP contribution in [0.15, 0.2) is 41.0 Å². The fraction of sp³-hybridized carbons (Fsp3) is 0.267. The summed E-state index contributed by atoms with van der Waals surface area (Å²) in [5.74, 6) is 0. The number of aromatic nitrogens is 1. The van der Waals surface area contributed by atoms with Gasteiger partial charge in [-0.15, -0.1) is 0 Å². The number of nitrogens with one attached hydrogen (secondary N) is 1. The van der Waals surface area contributed by atoms with Gasteiger partial charge >= 0.3 is 0 Å². The van der Waals surface area contributed by atoms with E-state index in [4.69, 9.17) is 5.26 Å². The number of hydrogen-bond acceptors (Lipinski definition) is 2. The van der Waals surface area contributed by atoms with Crippen LogP contribution in [0.1, 0.15) is 29.8 Å². The molecule has 0 aliphatic carbocycles. The maximum Gasteiger partial charge on any atom is 0.120 e. The number of nitriles is 1. The lowest BCUT2D eigenvalue weighted by molar-refractivity contribution is 0.574. The van der Waals surface area contributed by atoms with Gasteiger partial charge in [-0.05, 0) is 36.2 Å². The van der Waals surface area contributed by atoms with Crippen LogP contribution in [0, 0.1) is 11.3 Å². The quantitative estimate of drug-likeness (QED) is 0.937. The Bertz CT molecular complexity index is 610. The highest BCUT2D eigenvalue weighted by atomic mass is 79.9. The summed E-state index contributed by atoms with van der Waals surface area (Å²) >= 11 is 3.48. The maximum absolute atomic E-state index is 8.92. The van der Waals surface area contributed by atoms with Crippen molar-refractivity contribution in [2.24, 2.45) is 7.05 Å².